The Balaban J connectivity index is 1.68. The zero-order valence-corrected chi connectivity index (χ0v) is 18.4. The smallest absolute Gasteiger partial charge is 0.196 e. The molecule has 0 amide bonds. The third-order valence-electron chi connectivity index (χ3n) is 6.09. The van der Waals surface area contributed by atoms with Gasteiger partial charge in [0.15, 0.2) is 17.2 Å². The van der Waals surface area contributed by atoms with E-state index in [0.29, 0.717) is 30.0 Å². The number of halogens is 2. The monoisotopic (exact) mass is 443 g/mol. The lowest BCUT2D eigenvalue weighted by Gasteiger charge is -2.26. The number of hydrogen-bond donors (Lipinski definition) is 1. The van der Waals surface area contributed by atoms with Crippen molar-refractivity contribution in [2.24, 2.45) is 0 Å². The summed E-state index contributed by atoms with van der Waals surface area (Å²) in [5, 5.41) is 4.20. The maximum absolute atomic E-state index is 14.4. The van der Waals surface area contributed by atoms with Crippen LogP contribution in [0, 0.1) is 11.6 Å². The summed E-state index contributed by atoms with van der Waals surface area (Å²) in [7, 11) is 0. The summed E-state index contributed by atoms with van der Waals surface area (Å²) in [6.45, 7) is 6.30. The third kappa shape index (κ3) is 4.17. The summed E-state index contributed by atoms with van der Waals surface area (Å²) in [6.07, 6.45) is 3.89. The standard InChI is InChI=1S/C23H27F2N5O2/c1-4-23(2,3)32-13-18(31)20-21(26)28-30-11-9-19(27-22(20)30)29-10-5-6-17(29)15-12-14(24)7-8-16(15)25/h7-9,11-12,17H,4-6,10,13H2,1-3H3,(H2,26,28)/t17-/m1/s1. The molecular weight excluding hydrogens is 416 g/mol. The van der Waals surface area contributed by atoms with Crippen LogP contribution in [-0.4, -0.2) is 39.1 Å². The lowest BCUT2D eigenvalue weighted by Crippen LogP contribution is -2.27. The molecule has 32 heavy (non-hydrogen) atoms. The van der Waals surface area contributed by atoms with Crippen molar-refractivity contribution < 1.29 is 18.3 Å². The molecule has 1 atom stereocenters. The number of ether oxygens (including phenoxy) is 1. The van der Waals surface area contributed by atoms with Gasteiger partial charge in [-0.2, -0.15) is 0 Å². The lowest BCUT2D eigenvalue weighted by molar-refractivity contribution is -0.0121. The molecule has 3 aromatic rings. The fourth-order valence-electron chi connectivity index (χ4n) is 3.93. The van der Waals surface area contributed by atoms with Gasteiger partial charge in [-0.15, -0.1) is 5.10 Å². The first-order valence-corrected chi connectivity index (χ1v) is 10.7. The molecule has 0 spiro atoms. The second-order valence-corrected chi connectivity index (χ2v) is 8.66. The van der Waals surface area contributed by atoms with Crippen LogP contribution in [0.15, 0.2) is 30.5 Å². The first-order chi connectivity index (χ1) is 15.2. The number of fused-ring (bicyclic) bond motifs is 1. The normalized spacial score (nSPS) is 16.8. The van der Waals surface area contributed by atoms with Gasteiger partial charge in [0.2, 0.25) is 0 Å². The number of rotatable bonds is 7. The third-order valence-corrected chi connectivity index (χ3v) is 6.09. The average Bonchev–Trinajstić information content (AvgIpc) is 3.37. The average molecular weight is 443 g/mol. The highest BCUT2D eigenvalue weighted by Gasteiger charge is 2.31. The van der Waals surface area contributed by atoms with E-state index >= 15 is 0 Å². The van der Waals surface area contributed by atoms with Crippen molar-refractivity contribution in [1.29, 1.82) is 0 Å². The molecule has 1 aromatic carbocycles. The van der Waals surface area contributed by atoms with Crippen LogP contribution >= 0.6 is 0 Å². The van der Waals surface area contributed by atoms with Crippen LogP contribution in [0.4, 0.5) is 20.4 Å². The Morgan fingerprint density at radius 3 is 2.84 bits per heavy atom. The van der Waals surface area contributed by atoms with Crippen LogP contribution in [0.2, 0.25) is 0 Å². The Kier molecular flexibility index (Phi) is 5.85. The Morgan fingerprint density at radius 1 is 1.31 bits per heavy atom. The van der Waals surface area contributed by atoms with Crippen molar-refractivity contribution in [3.05, 3.63) is 53.2 Å². The van der Waals surface area contributed by atoms with Crippen LogP contribution in [0.3, 0.4) is 0 Å². The predicted molar refractivity (Wildman–Crippen MR) is 118 cm³/mol. The fourth-order valence-corrected chi connectivity index (χ4v) is 3.93. The quantitative estimate of drug-likeness (QED) is 0.548. The van der Waals surface area contributed by atoms with E-state index in [1.807, 2.05) is 25.7 Å². The molecule has 170 valence electrons. The van der Waals surface area contributed by atoms with Crippen molar-refractivity contribution in [1.82, 2.24) is 14.6 Å². The second kappa shape index (κ2) is 8.46. The molecule has 7 nitrogen and oxygen atoms in total. The number of carbonyl (C=O) groups excluding carboxylic acids is 1. The first kappa shape index (κ1) is 22.1. The molecule has 0 unspecified atom stereocenters. The molecule has 9 heteroatoms. The summed E-state index contributed by atoms with van der Waals surface area (Å²) >= 11 is 0. The van der Waals surface area contributed by atoms with Gasteiger partial charge in [-0.3, -0.25) is 4.79 Å². The van der Waals surface area contributed by atoms with Crippen molar-refractivity contribution in [2.75, 3.05) is 23.8 Å². The summed E-state index contributed by atoms with van der Waals surface area (Å²) < 4.78 is 35.4. The molecule has 0 bridgehead atoms. The van der Waals surface area contributed by atoms with Crippen molar-refractivity contribution >= 4 is 23.1 Å². The molecule has 1 aliphatic heterocycles. The van der Waals surface area contributed by atoms with Gasteiger partial charge in [-0.05, 0) is 57.4 Å². The molecule has 2 aromatic heterocycles. The SMILES string of the molecule is CCC(C)(C)OCC(=O)c1c(N)nn2ccc(N3CCC[C@@H]3c3cc(F)ccc3F)nc12. The van der Waals surface area contributed by atoms with Crippen LogP contribution in [0.5, 0.6) is 0 Å². The Bertz CT molecular complexity index is 1160. The van der Waals surface area contributed by atoms with E-state index in [1.54, 1.807) is 12.3 Å². The maximum Gasteiger partial charge on any atom is 0.196 e. The minimum Gasteiger partial charge on any atom is -0.382 e. The zero-order chi connectivity index (χ0) is 23.0. The van der Waals surface area contributed by atoms with Crippen molar-refractivity contribution in [2.45, 2.75) is 51.7 Å². The molecule has 0 saturated carbocycles. The number of nitrogens with two attached hydrogens (primary N) is 1. The Hall–Kier alpha value is -3.07. The largest absolute Gasteiger partial charge is 0.382 e. The van der Waals surface area contributed by atoms with Gasteiger partial charge in [0.25, 0.3) is 0 Å². The number of Topliss-reactive ketones (excluding diaryl/α,β-unsaturated/α-hetero) is 1. The van der Waals surface area contributed by atoms with Gasteiger partial charge in [-0.25, -0.2) is 18.3 Å². The van der Waals surface area contributed by atoms with E-state index < -0.39 is 17.2 Å². The number of benzene rings is 1. The topological polar surface area (TPSA) is 85.8 Å². The van der Waals surface area contributed by atoms with E-state index in [1.165, 1.54) is 10.6 Å². The maximum atomic E-state index is 14.4. The molecule has 2 N–H and O–H groups in total. The Labute approximate surface area is 185 Å². The molecule has 1 saturated heterocycles. The van der Waals surface area contributed by atoms with E-state index in [2.05, 4.69) is 10.1 Å². The lowest BCUT2D eigenvalue weighted by atomic mass is 10.0. The van der Waals surface area contributed by atoms with Gasteiger partial charge < -0.3 is 15.4 Å². The molecule has 3 heterocycles. The van der Waals surface area contributed by atoms with Crippen LogP contribution in [0.25, 0.3) is 5.65 Å². The van der Waals surface area contributed by atoms with Gasteiger partial charge >= 0.3 is 0 Å². The van der Waals surface area contributed by atoms with Gasteiger partial charge in [-0.1, -0.05) is 6.92 Å². The van der Waals surface area contributed by atoms with E-state index in [0.717, 1.165) is 25.0 Å². The molecule has 1 aliphatic rings. The van der Waals surface area contributed by atoms with Crippen molar-refractivity contribution in [3.8, 4) is 0 Å². The first-order valence-electron chi connectivity index (χ1n) is 10.7. The van der Waals surface area contributed by atoms with E-state index in [-0.39, 0.29) is 29.8 Å². The highest BCUT2D eigenvalue weighted by atomic mass is 19.1. The number of anilines is 2. The number of nitrogens with zero attached hydrogens (tertiary/aromatic N) is 4. The zero-order valence-electron chi connectivity index (χ0n) is 18.4. The predicted octanol–water partition coefficient (Wildman–Crippen LogP) is 4.32. The second-order valence-electron chi connectivity index (χ2n) is 8.66. The number of nitrogen functional groups attached to an aromatic ring is 1. The van der Waals surface area contributed by atoms with E-state index in [9.17, 15) is 13.6 Å². The summed E-state index contributed by atoms with van der Waals surface area (Å²) in [6, 6.07) is 4.87. The summed E-state index contributed by atoms with van der Waals surface area (Å²) in [4.78, 5) is 19.5. The van der Waals surface area contributed by atoms with Crippen molar-refractivity contribution in [3.63, 3.8) is 0 Å². The number of hydrogen-bond acceptors (Lipinski definition) is 6. The molecule has 1 fully saturated rings. The molecule has 0 radical (unpaired) electrons. The minimum absolute atomic E-state index is 0.0756. The molecule has 0 aliphatic carbocycles. The Morgan fingerprint density at radius 2 is 2.09 bits per heavy atom. The van der Waals surface area contributed by atoms with Crippen LogP contribution < -0.4 is 10.6 Å². The van der Waals surface area contributed by atoms with E-state index in [4.69, 9.17) is 10.5 Å². The van der Waals surface area contributed by atoms with Gasteiger partial charge in [0.05, 0.1) is 11.6 Å². The molecular formula is C23H27F2N5O2. The van der Waals surface area contributed by atoms with Gasteiger partial charge in [0.1, 0.15) is 29.6 Å². The fraction of sp³-hybridized carbons (Fsp3) is 0.435. The summed E-state index contributed by atoms with van der Waals surface area (Å²) in [5.74, 6) is -0.621. The number of aromatic nitrogens is 3. The van der Waals surface area contributed by atoms with Crippen LogP contribution in [0.1, 0.15) is 62.0 Å². The minimum atomic E-state index is -0.483. The molecule has 4 rings (SSSR count). The van der Waals surface area contributed by atoms with Crippen LogP contribution in [-0.2, 0) is 4.74 Å². The van der Waals surface area contributed by atoms with Gasteiger partial charge in [0, 0.05) is 18.3 Å². The number of ketones is 1. The number of carbonyl (C=O) groups is 1. The summed E-state index contributed by atoms with van der Waals surface area (Å²) in [5.41, 5.74) is 6.40. The highest BCUT2D eigenvalue weighted by molar-refractivity contribution is 6.06. The highest BCUT2D eigenvalue weighted by Crippen LogP contribution is 2.37.